The molecule has 0 aliphatic rings. The van der Waals surface area contributed by atoms with Crippen LogP contribution in [0.5, 0.6) is 0 Å². The SMILES string of the molecule is CC(C)CSc1nc(N)c2ncn(Cc3c(F)cccc3F)c2n1. The van der Waals surface area contributed by atoms with Gasteiger partial charge in [0.25, 0.3) is 0 Å². The lowest BCUT2D eigenvalue weighted by Gasteiger charge is -2.08. The van der Waals surface area contributed by atoms with E-state index in [1.165, 1.54) is 36.3 Å². The minimum atomic E-state index is -0.603. The summed E-state index contributed by atoms with van der Waals surface area (Å²) in [6.45, 7) is 4.18. The molecule has 0 saturated heterocycles. The number of nitrogens with two attached hydrogens (primary N) is 1. The Morgan fingerprint density at radius 3 is 2.58 bits per heavy atom. The van der Waals surface area contributed by atoms with Gasteiger partial charge in [0.05, 0.1) is 12.9 Å². The fourth-order valence-electron chi connectivity index (χ4n) is 2.22. The van der Waals surface area contributed by atoms with Gasteiger partial charge in [-0.1, -0.05) is 31.7 Å². The first kappa shape index (κ1) is 16.6. The zero-order valence-electron chi connectivity index (χ0n) is 13.3. The lowest BCUT2D eigenvalue weighted by atomic mass is 10.2. The lowest BCUT2D eigenvalue weighted by molar-refractivity contribution is 0.546. The normalized spacial score (nSPS) is 11.5. The Labute approximate surface area is 142 Å². The van der Waals surface area contributed by atoms with Gasteiger partial charge in [0.1, 0.15) is 17.2 Å². The highest BCUT2D eigenvalue weighted by Crippen LogP contribution is 2.24. The summed E-state index contributed by atoms with van der Waals surface area (Å²) < 4.78 is 29.3. The van der Waals surface area contributed by atoms with Gasteiger partial charge in [0.15, 0.2) is 16.6 Å². The number of benzene rings is 1. The molecule has 0 aliphatic heterocycles. The first-order chi connectivity index (χ1) is 11.5. The van der Waals surface area contributed by atoms with Crippen molar-refractivity contribution in [3.63, 3.8) is 0 Å². The van der Waals surface area contributed by atoms with E-state index >= 15 is 0 Å². The van der Waals surface area contributed by atoms with Crippen LogP contribution in [0.15, 0.2) is 29.7 Å². The van der Waals surface area contributed by atoms with Crippen molar-refractivity contribution in [2.75, 3.05) is 11.5 Å². The van der Waals surface area contributed by atoms with E-state index < -0.39 is 11.6 Å². The highest BCUT2D eigenvalue weighted by molar-refractivity contribution is 7.99. The molecule has 3 rings (SSSR count). The van der Waals surface area contributed by atoms with Crippen molar-refractivity contribution < 1.29 is 8.78 Å². The standard InChI is InChI=1S/C16H17F2N5S/c1-9(2)7-24-16-21-14(19)13-15(22-16)23(8-20-13)6-10-11(17)4-3-5-12(10)18/h3-5,8-9H,6-7H2,1-2H3,(H2,19,21,22). The van der Waals surface area contributed by atoms with Crippen LogP contribution in [0.25, 0.3) is 11.2 Å². The highest BCUT2D eigenvalue weighted by atomic mass is 32.2. The van der Waals surface area contributed by atoms with Crippen LogP contribution < -0.4 is 5.73 Å². The van der Waals surface area contributed by atoms with Crippen LogP contribution in [0.4, 0.5) is 14.6 Å². The number of aromatic nitrogens is 4. The van der Waals surface area contributed by atoms with Crippen LogP contribution in [0, 0.1) is 17.6 Å². The van der Waals surface area contributed by atoms with E-state index in [0.29, 0.717) is 22.2 Å². The Morgan fingerprint density at radius 1 is 1.21 bits per heavy atom. The lowest BCUT2D eigenvalue weighted by Crippen LogP contribution is -2.06. The molecule has 0 radical (unpaired) electrons. The molecule has 0 amide bonds. The second kappa shape index (κ2) is 6.72. The summed E-state index contributed by atoms with van der Waals surface area (Å²) in [5, 5.41) is 0.532. The predicted octanol–water partition coefficient (Wildman–Crippen LogP) is 3.48. The molecule has 2 N–H and O–H groups in total. The van der Waals surface area contributed by atoms with Crippen LogP contribution in [0.2, 0.25) is 0 Å². The Kier molecular flexibility index (Phi) is 4.66. The van der Waals surface area contributed by atoms with Crippen molar-refractivity contribution >= 4 is 28.7 Å². The number of hydrogen-bond acceptors (Lipinski definition) is 5. The van der Waals surface area contributed by atoms with E-state index in [9.17, 15) is 8.78 Å². The smallest absolute Gasteiger partial charge is 0.191 e. The average Bonchev–Trinajstić information content (AvgIpc) is 2.92. The average molecular weight is 349 g/mol. The van der Waals surface area contributed by atoms with E-state index in [-0.39, 0.29) is 17.9 Å². The molecular weight excluding hydrogens is 332 g/mol. The van der Waals surface area contributed by atoms with Crippen LogP contribution in [-0.4, -0.2) is 25.3 Å². The molecule has 0 unspecified atom stereocenters. The number of hydrogen-bond donors (Lipinski definition) is 1. The molecule has 2 heterocycles. The van der Waals surface area contributed by atoms with Gasteiger partial charge in [-0.15, -0.1) is 0 Å². The Hall–Kier alpha value is -2.22. The first-order valence-electron chi connectivity index (χ1n) is 7.49. The molecule has 1 aromatic carbocycles. The van der Waals surface area contributed by atoms with Gasteiger partial charge in [-0.2, -0.15) is 0 Å². The number of nitrogens with zero attached hydrogens (tertiary/aromatic N) is 4. The Bertz CT molecular complexity index is 858. The number of thioether (sulfide) groups is 1. The molecule has 3 aromatic rings. The third kappa shape index (κ3) is 3.33. The summed E-state index contributed by atoms with van der Waals surface area (Å²) in [6, 6.07) is 3.79. The van der Waals surface area contributed by atoms with E-state index in [0.717, 1.165) is 5.75 Å². The van der Waals surface area contributed by atoms with Crippen molar-refractivity contribution in [2.45, 2.75) is 25.5 Å². The van der Waals surface area contributed by atoms with Crippen molar-refractivity contribution in [3.8, 4) is 0 Å². The summed E-state index contributed by atoms with van der Waals surface area (Å²) in [6.07, 6.45) is 1.47. The summed E-state index contributed by atoms with van der Waals surface area (Å²) >= 11 is 1.49. The molecule has 126 valence electrons. The highest BCUT2D eigenvalue weighted by Gasteiger charge is 2.15. The summed E-state index contributed by atoms with van der Waals surface area (Å²) in [4.78, 5) is 12.9. The molecule has 0 fully saturated rings. The van der Waals surface area contributed by atoms with E-state index in [1.54, 1.807) is 4.57 Å². The van der Waals surface area contributed by atoms with Gasteiger partial charge in [-0.05, 0) is 18.1 Å². The number of rotatable bonds is 5. The third-order valence-corrected chi connectivity index (χ3v) is 4.68. The van der Waals surface area contributed by atoms with Gasteiger partial charge >= 0.3 is 0 Å². The minimum absolute atomic E-state index is 0.0141. The molecule has 0 spiro atoms. The van der Waals surface area contributed by atoms with Crippen molar-refractivity contribution in [1.29, 1.82) is 0 Å². The van der Waals surface area contributed by atoms with Gasteiger partial charge in [0.2, 0.25) is 0 Å². The summed E-state index contributed by atoms with van der Waals surface area (Å²) in [7, 11) is 0. The number of fused-ring (bicyclic) bond motifs is 1. The van der Waals surface area contributed by atoms with E-state index in [1.807, 2.05) is 0 Å². The zero-order chi connectivity index (χ0) is 17.3. The number of anilines is 1. The van der Waals surface area contributed by atoms with Crippen LogP contribution >= 0.6 is 11.8 Å². The number of halogens is 2. The Morgan fingerprint density at radius 2 is 1.92 bits per heavy atom. The van der Waals surface area contributed by atoms with E-state index in [4.69, 9.17) is 5.73 Å². The van der Waals surface area contributed by atoms with Crippen molar-refractivity contribution in [3.05, 3.63) is 41.7 Å². The molecule has 8 heteroatoms. The molecule has 0 bridgehead atoms. The quantitative estimate of drug-likeness (QED) is 0.564. The summed E-state index contributed by atoms with van der Waals surface area (Å²) in [5.74, 6) is 0.384. The topological polar surface area (TPSA) is 69.6 Å². The minimum Gasteiger partial charge on any atom is -0.382 e. The second-order valence-electron chi connectivity index (χ2n) is 5.84. The molecule has 2 aromatic heterocycles. The van der Waals surface area contributed by atoms with Gasteiger partial charge < -0.3 is 10.3 Å². The van der Waals surface area contributed by atoms with Crippen LogP contribution in [0.1, 0.15) is 19.4 Å². The maximum absolute atomic E-state index is 13.9. The second-order valence-corrected chi connectivity index (χ2v) is 6.83. The maximum atomic E-state index is 13.9. The fourth-order valence-corrected chi connectivity index (χ4v) is 3.02. The van der Waals surface area contributed by atoms with E-state index in [2.05, 4.69) is 28.8 Å². The molecule has 5 nitrogen and oxygen atoms in total. The molecule has 0 atom stereocenters. The van der Waals surface area contributed by atoms with Crippen LogP contribution in [-0.2, 0) is 6.54 Å². The largest absolute Gasteiger partial charge is 0.382 e. The molecule has 0 saturated carbocycles. The fraction of sp³-hybridized carbons (Fsp3) is 0.312. The molecule has 24 heavy (non-hydrogen) atoms. The van der Waals surface area contributed by atoms with Crippen molar-refractivity contribution in [2.24, 2.45) is 5.92 Å². The molecule has 0 aliphatic carbocycles. The monoisotopic (exact) mass is 349 g/mol. The number of imidazole rings is 1. The molecular formula is C16H17F2N5S. The van der Waals surface area contributed by atoms with Crippen molar-refractivity contribution in [1.82, 2.24) is 19.5 Å². The maximum Gasteiger partial charge on any atom is 0.191 e. The van der Waals surface area contributed by atoms with Crippen LogP contribution in [0.3, 0.4) is 0 Å². The first-order valence-corrected chi connectivity index (χ1v) is 8.48. The Balaban J connectivity index is 1.99. The summed E-state index contributed by atoms with van der Waals surface area (Å²) in [5.41, 5.74) is 6.80. The van der Waals surface area contributed by atoms with Gasteiger partial charge in [-0.3, -0.25) is 0 Å². The van der Waals surface area contributed by atoms with Gasteiger partial charge in [0, 0.05) is 11.3 Å². The predicted molar refractivity (Wildman–Crippen MR) is 90.8 cm³/mol. The number of nitrogen functional groups attached to an aromatic ring is 1. The zero-order valence-corrected chi connectivity index (χ0v) is 14.1. The third-order valence-electron chi connectivity index (χ3n) is 3.41. The van der Waals surface area contributed by atoms with Gasteiger partial charge in [-0.25, -0.2) is 23.7 Å².